The van der Waals surface area contributed by atoms with Crippen molar-refractivity contribution in [1.82, 2.24) is 0 Å². The molecule has 84 valence electrons. The fraction of sp³-hybridized carbons (Fsp3) is 0. The van der Waals surface area contributed by atoms with Crippen molar-refractivity contribution in [2.75, 3.05) is 0 Å². The van der Waals surface area contributed by atoms with Crippen LogP contribution < -0.4 is 5.63 Å². The third kappa shape index (κ3) is 1.38. The van der Waals surface area contributed by atoms with Crippen LogP contribution >= 0.6 is 0 Å². The van der Waals surface area contributed by atoms with E-state index in [-0.39, 0.29) is 16.7 Å². The van der Waals surface area contributed by atoms with E-state index in [1.54, 1.807) is 12.1 Å². The second-order valence-corrected chi connectivity index (χ2v) is 3.73. The molecule has 3 nitrogen and oxygen atoms in total. The number of hydrogen-bond acceptors (Lipinski definition) is 3. The molecule has 0 aliphatic heterocycles. The van der Waals surface area contributed by atoms with Gasteiger partial charge in [-0.2, -0.15) is 0 Å². The Hall–Kier alpha value is -2.36. The average Bonchev–Trinajstić information content (AvgIpc) is 2.28. The molecule has 2 aromatic carbocycles. The van der Waals surface area contributed by atoms with Crippen molar-refractivity contribution in [1.29, 1.82) is 0 Å². The monoisotopic (exact) mass is 230 g/mol. The number of aromatic hydroxyl groups is 1. The standard InChI is InChI=1S/C13H7FO3/c14-10-3-1-2-9-8-5-4-7(15)6-11(8)17-13(16)12(9)10/h1-6,15H. The molecule has 1 heterocycles. The maximum atomic E-state index is 13.5. The maximum Gasteiger partial charge on any atom is 0.347 e. The highest BCUT2D eigenvalue weighted by atomic mass is 19.1. The third-order valence-corrected chi connectivity index (χ3v) is 2.68. The minimum absolute atomic E-state index is 0.00333. The number of halogens is 1. The van der Waals surface area contributed by atoms with Crippen LogP contribution in [0, 0.1) is 5.82 Å². The molecule has 1 N–H and O–H groups in total. The summed E-state index contributed by atoms with van der Waals surface area (Å²) in [5, 5.41) is 10.3. The Labute approximate surface area is 94.7 Å². The van der Waals surface area contributed by atoms with Gasteiger partial charge in [0, 0.05) is 16.8 Å². The van der Waals surface area contributed by atoms with Crippen molar-refractivity contribution in [2.45, 2.75) is 0 Å². The smallest absolute Gasteiger partial charge is 0.347 e. The highest BCUT2D eigenvalue weighted by Gasteiger charge is 2.11. The van der Waals surface area contributed by atoms with Gasteiger partial charge in [-0.25, -0.2) is 9.18 Å². The molecule has 0 amide bonds. The lowest BCUT2D eigenvalue weighted by atomic mass is 10.1. The van der Waals surface area contributed by atoms with Gasteiger partial charge in [0.05, 0.1) is 0 Å². The van der Waals surface area contributed by atoms with E-state index in [2.05, 4.69) is 0 Å². The van der Waals surface area contributed by atoms with E-state index in [4.69, 9.17) is 4.42 Å². The molecule has 0 aliphatic carbocycles. The molecule has 0 saturated carbocycles. The van der Waals surface area contributed by atoms with Crippen molar-refractivity contribution in [3.05, 3.63) is 52.6 Å². The predicted molar refractivity (Wildman–Crippen MR) is 61.6 cm³/mol. The molecule has 0 radical (unpaired) electrons. The molecule has 0 bridgehead atoms. The number of fused-ring (bicyclic) bond motifs is 3. The predicted octanol–water partition coefficient (Wildman–Crippen LogP) is 2.79. The zero-order valence-corrected chi connectivity index (χ0v) is 8.61. The number of phenols is 1. The summed E-state index contributed by atoms with van der Waals surface area (Å²) in [6.07, 6.45) is 0. The summed E-state index contributed by atoms with van der Waals surface area (Å²) in [4.78, 5) is 11.6. The second-order valence-electron chi connectivity index (χ2n) is 3.73. The van der Waals surface area contributed by atoms with Crippen LogP contribution in [-0.4, -0.2) is 5.11 Å². The quantitative estimate of drug-likeness (QED) is 0.477. The lowest BCUT2D eigenvalue weighted by Gasteiger charge is -2.03. The lowest BCUT2D eigenvalue weighted by molar-refractivity contribution is 0.473. The van der Waals surface area contributed by atoms with Crippen LogP contribution in [0.5, 0.6) is 5.75 Å². The summed E-state index contributed by atoms with van der Waals surface area (Å²) >= 11 is 0. The topological polar surface area (TPSA) is 50.4 Å². The molecule has 0 unspecified atom stereocenters. The molecule has 0 fully saturated rings. The van der Waals surface area contributed by atoms with Crippen molar-refractivity contribution >= 4 is 21.7 Å². The second kappa shape index (κ2) is 3.31. The Morgan fingerprint density at radius 1 is 1.12 bits per heavy atom. The van der Waals surface area contributed by atoms with E-state index in [9.17, 15) is 14.3 Å². The fourth-order valence-corrected chi connectivity index (χ4v) is 1.92. The van der Waals surface area contributed by atoms with E-state index in [1.165, 1.54) is 24.3 Å². The number of benzene rings is 2. The molecule has 0 aliphatic rings. The lowest BCUT2D eigenvalue weighted by Crippen LogP contribution is -2.02. The molecule has 0 saturated heterocycles. The van der Waals surface area contributed by atoms with Crippen LogP contribution in [0.1, 0.15) is 0 Å². The summed E-state index contributed by atoms with van der Waals surface area (Å²) in [5.41, 5.74) is -0.496. The summed E-state index contributed by atoms with van der Waals surface area (Å²) in [6.45, 7) is 0. The minimum Gasteiger partial charge on any atom is -0.508 e. The molecule has 4 heteroatoms. The fourth-order valence-electron chi connectivity index (χ4n) is 1.92. The van der Waals surface area contributed by atoms with Gasteiger partial charge in [-0.1, -0.05) is 12.1 Å². The van der Waals surface area contributed by atoms with Gasteiger partial charge in [-0.05, 0) is 18.2 Å². The first-order valence-electron chi connectivity index (χ1n) is 5.01. The zero-order valence-electron chi connectivity index (χ0n) is 8.61. The van der Waals surface area contributed by atoms with Gasteiger partial charge in [0.15, 0.2) is 0 Å². The normalized spacial score (nSPS) is 11.1. The van der Waals surface area contributed by atoms with E-state index < -0.39 is 11.4 Å². The summed E-state index contributed by atoms with van der Waals surface area (Å²) < 4.78 is 18.5. The summed E-state index contributed by atoms with van der Waals surface area (Å²) in [7, 11) is 0. The Bertz CT molecular complexity index is 790. The van der Waals surface area contributed by atoms with Crippen molar-refractivity contribution in [3.63, 3.8) is 0 Å². The van der Waals surface area contributed by atoms with Crippen LogP contribution in [0.3, 0.4) is 0 Å². The molecule has 17 heavy (non-hydrogen) atoms. The van der Waals surface area contributed by atoms with Crippen molar-refractivity contribution in [2.24, 2.45) is 0 Å². The van der Waals surface area contributed by atoms with Gasteiger partial charge >= 0.3 is 5.63 Å². The largest absolute Gasteiger partial charge is 0.508 e. The molecular formula is C13H7FO3. The van der Waals surface area contributed by atoms with Gasteiger partial charge in [0.1, 0.15) is 22.5 Å². The third-order valence-electron chi connectivity index (χ3n) is 2.68. The van der Waals surface area contributed by atoms with E-state index >= 15 is 0 Å². The maximum absolute atomic E-state index is 13.5. The van der Waals surface area contributed by atoms with Gasteiger partial charge in [0.2, 0.25) is 0 Å². The van der Waals surface area contributed by atoms with E-state index in [0.29, 0.717) is 10.8 Å². The van der Waals surface area contributed by atoms with Gasteiger partial charge in [0.25, 0.3) is 0 Å². The van der Waals surface area contributed by atoms with E-state index in [0.717, 1.165) is 0 Å². The Morgan fingerprint density at radius 2 is 1.94 bits per heavy atom. The molecule has 0 spiro atoms. The molecule has 3 rings (SSSR count). The van der Waals surface area contributed by atoms with Crippen LogP contribution in [0.2, 0.25) is 0 Å². The zero-order chi connectivity index (χ0) is 12.0. The van der Waals surface area contributed by atoms with E-state index in [1.807, 2.05) is 0 Å². The Kier molecular flexibility index (Phi) is 1.92. The summed E-state index contributed by atoms with van der Waals surface area (Å²) in [6, 6.07) is 8.78. The van der Waals surface area contributed by atoms with Crippen LogP contribution in [0.4, 0.5) is 4.39 Å². The van der Waals surface area contributed by atoms with Crippen LogP contribution in [-0.2, 0) is 0 Å². The van der Waals surface area contributed by atoms with Crippen LogP contribution in [0.25, 0.3) is 21.7 Å². The van der Waals surface area contributed by atoms with Gasteiger partial charge in [-0.15, -0.1) is 0 Å². The van der Waals surface area contributed by atoms with Crippen LogP contribution in [0.15, 0.2) is 45.6 Å². The van der Waals surface area contributed by atoms with Crippen molar-refractivity contribution in [3.8, 4) is 5.75 Å². The Morgan fingerprint density at radius 3 is 2.76 bits per heavy atom. The molecule has 3 aromatic rings. The van der Waals surface area contributed by atoms with Gasteiger partial charge in [-0.3, -0.25) is 0 Å². The first kappa shape index (κ1) is 9.84. The SMILES string of the molecule is O=c1oc2cc(O)ccc2c2cccc(F)c12. The summed E-state index contributed by atoms with van der Waals surface area (Å²) in [5.74, 6) is -0.609. The average molecular weight is 230 g/mol. The van der Waals surface area contributed by atoms with Crippen molar-refractivity contribution < 1.29 is 13.9 Å². The number of phenolic OH excluding ortho intramolecular Hbond substituents is 1. The molecule has 1 aromatic heterocycles. The number of hydrogen-bond donors (Lipinski definition) is 1. The molecular weight excluding hydrogens is 223 g/mol. The first-order chi connectivity index (χ1) is 8.16. The van der Waals surface area contributed by atoms with Gasteiger partial charge < -0.3 is 9.52 Å². The highest BCUT2D eigenvalue weighted by Crippen LogP contribution is 2.26. The number of rotatable bonds is 0. The first-order valence-corrected chi connectivity index (χ1v) is 5.01. The Balaban J connectivity index is 2.65. The highest BCUT2D eigenvalue weighted by molar-refractivity contribution is 6.04. The minimum atomic E-state index is -0.740. The molecule has 0 atom stereocenters.